The van der Waals surface area contributed by atoms with Crippen molar-refractivity contribution in [3.8, 4) is 0 Å². The molecule has 2 rings (SSSR count). The lowest BCUT2D eigenvalue weighted by Crippen LogP contribution is -2.24. The van der Waals surface area contributed by atoms with Gasteiger partial charge in [-0.1, -0.05) is 46.3 Å². The van der Waals surface area contributed by atoms with E-state index in [4.69, 9.17) is 0 Å². The van der Waals surface area contributed by atoms with Crippen LogP contribution in [0.25, 0.3) is 10.8 Å². The minimum atomic E-state index is -3.40. The van der Waals surface area contributed by atoms with Crippen molar-refractivity contribution < 1.29 is 8.42 Å². The molecule has 0 heterocycles. The lowest BCUT2D eigenvalue weighted by molar-refractivity contribution is 0.579. The van der Waals surface area contributed by atoms with Crippen molar-refractivity contribution in [2.24, 2.45) is 0 Å². The molecule has 0 radical (unpaired) electrons. The van der Waals surface area contributed by atoms with Crippen LogP contribution in [0, 0.1) is 0 Å². The molecule has 2 aromatic rings. The first-order chi connectivity index (χ1) is 9.13. The number of unbranched alkanes of at least 4 members (excludes halogenated alkanes) is 1. The van der Waals surface area contributed by atoms with Crippen molar-refractivity contribution in [1.82, 2.24) is 4.72 Å². The lowest BCUT2D eigenvalue weighted by Gasteiger charge is -2.07. The van der Waals surface area contributed by atoms with E-state index in [1.165, 1.54) is 0 Å². The highest BCUT2D eigenvalue weighted by atomic mass is 79.9. The number of nitrogens with one attached hydrogen (secondary N) is 1. The summed E-state index contributed by atoms with van der Waals surface area (Å²) in [7, 11) is -3.40. The Morgan fingerprint density at radius 3 is 2.47 bits per heavy atom. The number of halogens is 1. The third kappa shape index (κ3) is 3.78. The van der Waals surface area contributed by atoms with Gasteiger partial charge in [-0.15, -0.1) is 0 Å². The first-order valence-corrected chi connectivity index (χ1v) is 8.78. The van der Waals surface area contributed by atoms with Crippen molar-refractivity contribution in [3.63, 3.8) is 0 Å². The zero-order valence-corrected chi connectivity index (χ0v) is 12.9. The second kappa shape index (κ2) is 6.50. The quantitative estimate of drug-likeness (QED) is 0.647. The molecule has 1 N–H and O–H groups in total. The summed E-state index contributed by atoms with van der Waals surface area (Å²) in [6, 6.07) is 12.9. The Morgan fingerprint density at radius 2 is 1.74 bits per heavy atom. The zero-order valence-electron chi connectivity index (χ0n) is 10.5. The summed E-state index contributed by atoms with van der Waals surface area (Å²) in [5.74, 6) is 0. The standard InChI is InChI=1S/C14H16BrNO2S/c15-9-3-4-10-16-19(17,18)14-8-7-12-5-1-2-6-13(12)11-14/h1-2,5-8,11,16H,3-4,9-10H2. The normalized spacial score (nSPS) is 11.8. The molecule has 0 bridgehead atoms. The van der Waals surface area contributed by atoms with Gasteiger partial charge in [-0.25, -0.2) is 13.1 Å². The molecule has 0 unspecified atom stereocenters. The van der Waals surface area contributed by atoms with Gasteiger partial charge in [0, 0.05) is 11.9 Å². The van der Waals surface area contributed by atoms with Gasteiger partial charge in [0.05, 0.1) is 4.90 Å². The number of hydrogen-bond donors (Lipinski definition) is 1. The van der Waals surface area contributed by atoms with E-state index in [-0.39, 0.29) is 0 Å². The minimum absolute atomic E-state index is 0.324. The summed E-state index contributed by atoms with van der Waals surface area (Å²) in [4.78, 5) is 0.324. The maximum atomic E-state index is 12.1. The van der Waals surface area contributed by atoms with Crippen LogP contribution < -0.4 is 4.72 Å². The highest BCUT2D eigenvalue weighted by molar-refractivity contribution is 9.09. The largest absolute Gasteiger partial charge is 0.240 e. The molecule has 0 spiro atoms. The van der Waals surface area contributed by atoms with Crippen LogP contribution in [0.5, 0.6) is 0 Å². The van der Waals surface area contributed by atoms with Crippen LogP contribution in [0.1, 0.15) is 12.8 Å². The summed E-state index contributed by atoms with van der Waals surface area (Å²) >= 11 is 3.32. The molecule has 0 saturated carbocycles. The van der Waals surface area contributed by atoms with Crippen LogP contribution in [0.2, 0.25) is 0 Å². The molecule has 19 heavy (non-hydrogen) atoms. The molecule has 0 saturated heterocycles. The predicted octanol–water partition coefficient (Wildman–Crippen LogP) is 3.29. The van der Waals surface area contributed by atoms with Gasteiger partial charge in [0.25, 0.3) is 0 Å². The molecule has 0 aliphatic heterocycles. The van der Waals surface area contributed by atoms with E-state index >= 15 is 0 Å². The summed E-state index contributed by atoms with van der Waals surface area (Å²) in [5.41, 5.74) is 0. The number of fused-ring (bicyclic) bond motifs is 1. The van der Waals surface area contributed by atoms with Gasteiger partial charge >= 0.3 is 0 Å². The summed E-state index contributed by atoms with van der Waals surface area (Å²) in [6.45, 7) is 0.473. The first kappa shape index (κ1) is 14.5. The maximum Gasteiger partial charge on any atom is 0.240 e. The van der Waals surface area contributed by atoms with Gasteiger partial charge in [0.15, 0.2) is 0 Å². The SMILES string of the molecule is O=S(=O)(NCCCCBr)c1ccc2ccccc2c1. The third-order valence-corrected chi connectivity index (χ3v) is 4.90. The number of rotatable bonds is 6. The average Bonchev–Trinajstić information content (AvgIpc) is 2.43. The molecule has 0 fully saturated rings. The average molecular weight is 342 g/mol. The second-order valence-corrected chi connectivity index (χ2v) is 6.86. The van der Waals surface area contributed by atoms with Crippen LogP contribution >= 0.6 is 15.9 Å². The Labute approximate surface area is 122 Å². The van der Waals surface area contributed by atoms with E-state index in [0.29, 0.717) is 11.4 Å². The molecular formula is C14H16BrNO2S. The van der Waals surface area contributed by atoms with Gasteiger partial charge in [-0.2, -0.15) is 0 Å². The van der Waals surface area contributed by atoms with Crippen LogP contribution in [0.3, 0.4) is 0 Å². The lowest BCUT2D eigenvalue weighted by atomic mass is 10.1. The van der Waals surface area contributed by atoms with Gasteiger partial charge in [-0.3, -0.25) is 0 Å². The number of sulfonamides is 1. The number of hydrogen-bond acceptors (Lipinski definition) is 2. The molecule has 5 heteroatoms. The highest BCUT2D eigenvalue weighted by Crippen LogP contribution is 2.18. The monoisotopic (exact) mass is 341 g/mol. The molecule has 0 aliphatic rings. The second-order valence-electron chi connectivity index (χ2n) is 4.30. The molecule has 3 nitrogen and oxygen atoms in total. The van der Waals surface area contributed by atoms with E-state index in [1.807, 2.05) is 30.3 Å². The zero-order chi connectivity index (χ0) is 13.7. The van der Waals surface area contributed by atoms with Crippen LogP contribution in [-0.4, -0.2) is 20.3 Å². The minimum Gasteiger partial charge on any atom is -0.211 e. The smallest absolute Gasteiger partial charge is 0.211 e. The van der Waals surface area contributed by atoms with Crippen molar-refractivity contribution >= 4 is 36.7 Å². The molecule has 102 valence electrons. The van der Waals surface area contributed by atoms with Crippen molar-refractivity contribution in [3.05, 3.63) is 42.5 Å². The van der Waals surface area contributed by atoms with E-state index in [2.05, 4.69) is 20.7 Å². The Morgan fingerprint density at radius 1 is 1.00 bits per heavy atom. The molecular weight excluding hydrogens is 326 g/mol. The Hall–Kier alpha value is -0.910. The van der Waals surface area contributed by atoms with Gasteiger partial charge in [-0.05, 0) is 35.7 Å². The number of alkyl halides is 1. The fourth-order valence-corrected chi connectivity index (χ4v) is 3.35. The summed E-state index contributed by atoms with van der Waals surface area (Å²) in [6.07, 6.45) is 1.79. The van der Waals surface area contributed by atoms with E-state index in [9.17, 15) is 8.42 Å². The molecule has 2 aromatic carbocycles. The maximum absolute atomic E-state index is 12.1. The Bertz CT molecular complexity index is 655. The van der Waals surface area contributed by atoms with Gasteiger partial charge in [0.1, 0.15) is 0 Å². The fraction of sp³-hybridized carbons (Fsp3) is 0.286. The highest BCUT2D eigenvalue weighted by Gasteiger charge is 2.13. The molecule has 0 aliphatic carbocycles. The summed E-state index contributed by atoms with van der Waals surface area (Å²) in [5, 5.41) is 2.87. The van der Waals surface area contributed by atoms with E-state index in [1.54, 1.807) is 12.1 Å². The molecule has 0 aromatic heterocycles. The molecule has 0 amide bonds. The predicted molar refractivity (Wildman–Crippen MR) is 82.2 cm³/mol. The Kier molecular flexibility index (Phi) is 4.96. The van der Waals surface area contributed by atoms with Crippen molar-refractivity contribution in [2.45, 2.75) is 17.7 Å². The van der Waals surface area contributed by atoms with E-state index < -0.39 is 10.0 Å². The van der Waals surface area contributed by atoms with Crippen LogP contribution in [0.15, 0.2) is 47.4 Å². The Balaban J connectivity index is 2.18. The fourth-order valence-electron chi connectivity index (χ4n) is 1.84. The van der Waals surface area contributed by atoms with Crippen LogP contribution in [-0.2, 0) is 10.0 Å². The number of benzene rings is 2. The van der Waals surface area contributed by atoms with Crippen molar-refractivity contribution in [2.75, 3.05) is 11.9 Å². The summed E-state index contributed by atoms with van der Waals surface area (Å²) < 4.78 is 26.9. The first-order valence-electron chi connectivity index (χ1n) is 6.18. The topological polar surface area (TPSA) is 46.2 Å². The third-order valence-electron chi connectivity index (χ3n) is 2.88. The van der Waals surface area contributed by atoms with Crippen molar-refractivity contribution in [1.29, 1.82) is 0 Å². The van der Waals surface area contributed by atoms with Gasteiger partial charge in [0.2, 0.25) is 10.0 Å². The van der Waals surface area contributed by atoms with Gasteiger partial charge < -0.3 is 0 Å². The molecule has 0 atom stereocenters. The van der Waals surface area contributed by atoms with E-state index in [0.717, 1.165) is 28.9 Å². The van der Waals surface area contributed by atoms with Crippen LogP contribution in [0.4, 0.5) is 0 Å².